The van der Waals surface area contributed by atoms with Crippen LogP contribution in [0.1, 0.15) is 35.9 Å². The van der Waals surface area contributed by atoms with Gasteiger partial charge in [0, 0.05) is 19.5 Å². The first-order valence-corrected chi connectivity index (χ1v) is 6.32. The number of nitrogens with zero attached hydrogens (tertiary/aromatic N) is 1. The molecule has 1 aliphatic rings. The van der Waals surface area contributed by atoms with Gasteiger partial charge in [-0.1, -0.05) is 6.92 Å². The molecule has 1 aromatic rings. The maximum absolute atomic E-state index is 12.3. The summed E-state index contributed by atoms with van der Waals surface area (Å²) in [4.78, 5) is 14.2. The maximum Gasteiger partial charge on any atom is 0.257 e. The molecule has 0 bridgehead atoms. The number of carbonyl (C=O) groups is 1. The van der Waals surface area contributed by atoms with Crippen molar-refractivity contribution in [1.29, 1.82) is 0 Å². The molecular formula is C13H20N2O2. The van der Waals surface area contributed by atoms with Gasteiger partial charge in [-0.3, -0.25) is 4.79 Å². The van der Waals surface area contributed by atoms with Gasteiger partial charge in [0.25, 0.3) is 5.91 Å². The number of nitrogens with two attached hydrogens (primary N) is 1. The zero-order valence-electron chi connectivity index (χ0n) is 10.3. The zero-order chi connectivity index (χ0) is 12.3. The molecule has 1 aliphatic heterocycles. The highest BCUT2D eigenvalue weighted by molar-refractivity contribution is 5.95. The van der Waals surface area contributed by atoms with Crippen LogP contribution in [0.15, 0.2) is 16.7 Å². The van der Waals surface area contributed by atoms with Crippen LogP contribution < -0.4 is 5.73 Å². The quantitative estimate of drug-likeness (QED) is 0.868. The number of furan rings is 1. The van der Waals surface area contributed by atoms with Gasteiger partial charge in [-0.05, 0) is 31.4 Å². The molecule has 1 fully saturated rings. The third-order valence-electron chi connectivity index (χ3n) is 3.53. The van der Waals surface area contributed by atoms with Gasteiger partial charge in [-0.25, -0.2) is 0 Å². The maximum atomic E-state index is 12.3. The first-order chi connectivity index (χ1) is 8.26. The summed E-state index contributed by atoms with van der Waals surface area (Å²) >= 11 is 0. The van der Waals surface area contributed by atoms with E-state index in [4.69, 9.17) is 10.2 Å². The van der Waals surface area contributed by atoms with E-state index < -0.39 is 0 Å². The largest absolute Gasteiger partial charge is 0.469 e. The van der Waals surface area contributed by atoms with E-state index >= 15 is 0 Å². The smallest absolute Gasteiger partial charge is 0.257 e. The molecule has 17 heavy (non-hydrogen) atoms. The molecule has 2 heterocycles. The molecular weight excluding hydrogens is 216 g/mol. The van der Waals surface area contributed by atoms with Crippen molar-refractivity contribution >= 4 is 5.91 Å². The summed E-state index contributed by atoms with van der Waals surface area (Å²) in [6, 6.07) is 1.77. The summed E-state index contributed by atoms with van der Waals surface area (Å²) in [5, 5.41) is 0. The van der Waals surface area contributed by atoms with Crippen molar-refractivity contribution in [3.8, 4) is 0 Å². The van der Waals surface area contributed by atoms with Crippen LogP contribution in [-0.4, -0.2) is 30.4 Å². The minimum atomic E-state index is 0.103. The van der Waals surface area contributed by atoms with E-state index in [-0.39, 0.29) is 5.91 Å². The Hall–Kier alpha value is -1.29. The molecule has 1 aromatic heterocycles. The molecule has 0 aromatic carbocycles. The van der Waals surface area contributed by atoms with E-state index in [1.807, 2.05) is 11.8 Å². The lowest BCUT2D eigenvalue weighted by molar-refractivity contribution is 0.0691. The molecule has 0 radical (unpaired) electrons. The van der Waals surface area contributed by atoms with Crippen LogP contribution in [0.3, 0.4) is 0 Å². The van der Waals surface area contributed by atoms with Crippen molar-refractivity contribution in [1.82, 2.24) is 4.90 Å². The fourth-order valence-corrected chi connectivity index (χ4v) is 2.35. The average Bonchev–Trinajstić information content (AvgIpc) is 2.86. The van der Waals surface area contributed by atoms with Gasteiger partial charge in [0.2, 0.25) is 0 Å². The molecule has 4 heteroatoms. The van der Waals surface area contributed by atoms with E-state index in [0.717, 1.165) is 50.2 Å². The molecule has 0 aliphatic carbocycles. The second kappa shape index (κ2) is 5.36. The molecule has 2 N–H and O–H groups in total. The Morgan fingerprint density at radius 1 is 1.53 bits per heavy atom. The second-order valence-electron chi connectivity index (χ2n) is 4.58. The van der Waals surface area contributed by atoms with Crippen molar-refractivity contribution in [2.75, 3.05) is 19.6 Å². The van der Waals surface area contributed by atoms with Crippen LogP contribution in [0.25, 0.3) is 0 Å². The summed E-state index contributed by atoms with van der Waals surface area (Å²) in [6.45, 7) is 4.36. The van der Waals surface area contributed by atoms with Crippen molar-refractivity contribution in [3.63, 3.8) is 0 Å². The molecule has 1 amide bonds. The molecule has 2 rings (SSSR count). The SMILES string of the molecule is CCc1occc1C(=O)N1CCC(CN)CC1. The number of hydrogen-bond acceptors (Lipinski definition) is 3. The Labute approximate surface area is 102 Å². The van der Waals surface area contributed by atoms with Crippen LogP contribution in [0.5, 0.6) is 0 Å². The summed E-state index contributed by atoms with van der Waals surface area (Å²) < 4.78 is 5.30. The van der Waals surface area contributed by atoms with Crippen LogP contribution in [0.4, 0.5) is 0 Å². The molecule has 0 atom stereocenters. The summed E-state index contributed by atoms with van der Waals surface area (Å²) in [7, 11) is 0. The monoisotopic (exact) mass is 236 g/mol. The summed E-state index contributed by atoms with van der Waals surface area (Å²) in [5.41, 5.74) is 6.37. The summed E-state index contributed by atoms with van der Waals surface area (Å²) in [6.07, 6.45) is 4.38. The lowest BCUT2D eigenvalue weighted by Crippen LogP contribution is -2.40. The van der Waals surface area contributed by atoms with E-state index in [1.165, 1.54) is 0 Å². The number of carbonyl (C=O) groups excluding carboxylic acids is 1. The average molecular weight is 236 g/mol. The molecule has 1 saturated heterocycles. The van der Waals surface area contributed by atoms with Gasteiger partial charge in [-0.15, -0.1) is 0 Å². The van der Waals surface area contributed by atoms with Crippen molar-refractivity contribution in [2.24, 2.45) is 11.7 Å². The van der Waals surface area contributed by atoms with E-state index in [2.05, 4.69) is 0 Å². The molecule has 94 valence electrons. The van der Waals surface area contributed by atoms with Gasteiger partial charge in [-0.2, -0.15) is 0 Å². The standard InChI is InChI=1S/C13H20N2O2/c1-2-12-11(5-8-17-12)13(16)15-6-3-10(9-14)4-7-15/h5,8,10H,2-4,6-7,9,14H2,1H3. The molecule has 4 nitrogen and oxygen atoms in total. The van der Waals surface area contributed by atoms with E-state index in [9.17, 15) is 4.79 Å². The Morgan fingerprint density at radius 2 is 2.24 bits per heavy atom. The molecule has 0 saturated carbocycles. The van der Waals surface area contributed by atoms with E-state index in [0.29, 0.717) is 5.92 Å². The highest BCUT2D eigenvalue weighted by Gasteiger charge is 2.24. The number of likely N-dealkylation sites (tertiary alicyclic amines) is 1. The molecule has 0 unspecified atom stereocenters. The third-order valence-corrected chi connectivity index (χ3v) is 3.53. The van der Waals surface area contributed by atoms with Gasteiger partial charge in [0.15, 0.2) is 0 Å². The van der Waals surface area contributed by atoms with Crippen LogP contribution in [0, 0.1) is 5.92 Å². The highest BCUT2D eigenvalue weighted by Crippen LogP contribution is 2.20. The zero-order valence-corrected chi connectivity index (χ0v) is 10.3. The van der Waals surface area contributed by atoms with Gasteiger partial charge in [0.1, 0.15) is 5.76 Å². The van der Waals surface area contributed by atoms with Crippen molar-refractivity contribution < 1.29 is 9.21 Å². The van der Waals surface area contributed by atoms with Gasteiger partial charge >= 0.3 is 0 Å². The normalized spacial score (nSPS) is 17.4. The van der Waals surface area contributed by atoms with Crippen molar-refractivity contribution in [2.45, 2.75) is 26.2 Å². The molecule has 0 spiro atoms. The fraction of sp³-hybridized carbons (Fsp3) is 0.615. The van der Waals surface area contributed by atoms with Crippen molar-refractivity contribution in [3.05, 3.63) is 23.7 Å². The first-order valence-electron chi connectivity index (χ1n) is 6.32. The minimum Gasteiger partial charge on any atom is -0.469 e. The van der Waals surface area contributed by atoms with Gasteiger partial charge in [0.05, 0.1) is 11.8 Å². The Kier molecular flexibility index (Phi) is 3.84. The lowest BCUT2D eigenvalue weighted by atomic mass is 9.96. The highest BCUT2D eigenvalue weighted by atomic mass is 16.3. The van der Waals surface area contributed by atoms with Crippen LogP contribution >= 0.6 is 0 Å². The third kappa shape index (κ3) is 2.52. The van der Waals surface area contributed by atoms with E-state index in [1.54, 1.807) is 12.3 Å². The Bertz CT molecular complexity index is 379. The Balaban J connectivity index is 2.02. The number of piperidine rings is 1. The predicted molar refractivity (Wildman–Crippen MR) is 65.8 cm³/mol. The number of rotatable bonds is 3. The number of hydrogen-bond donors (Lipinski definition) is 1. The number of aryl methyl sites for hydroxylation is 1. The first kappa shape index (κ1) is 12.2. The Morgan fingerprint density at radius 3 is 2.82 bits per heavy atom. The van der Waals surface area contributed by atoms with Crippen LogP contribution in [0.2, 0.25) is 0 Å². The topological polar surface area (TPSA) is 59.5 Å². The predicted octanol–water partition coefficient (Wildman–Crippen LogP) is 1.65. The fourth-order valence-electron chi connectivity index (χ4n) is 2.35. The summed E-state index contributed by atoms with van der Waals surface area (Å²) in [5.74, 6) is 1.47. The number of amides is 1. The van der Waals surface area contributed by atoms with Crippen LogP contribution in [-0.2, 0) is 6.42 Å². The minimum absolute atomic E-state index is 0.103. The van der Waals surface area contributed by atoms with Gasteiger partial charge < -0.3 is 15.1 Å². The lowest BCUT2D eigenvalue weighted by Gasteiger charge is -2.31. The second-order valence-corrected chi connectivity index (χ2v) is 4.58.